The molecule has 0 aliphatic heterocycles. The minimum atomic E-state index is -0.589. The molecular formula is C14H11BrFNO. The molecule has 0 radical (unpaired) electrons. The SMILES string of the molecule is Cc1cccc(C(=O)[C@H](Br)c2ccnc(F)c2)c1. The molecule has 2 aromatic rings. The van der Waals surface area contributed by atoms with Crippen molar-refractivity contribution in [1.82, 2.24) is 4.98 Å². The molecule has 18 heavy (non-hydrogen) atoms. The summed E-state index contributed by atoms with van der Waals surface area (Å²) in [4.78, 5) is 15.1. The summed E-state index contributed by atoms with van der Waals surface area (Å²) in [7, 11) is 0. The highest BCUT2D eigenvalue weighted by Crippen LogP contribution is 2.27. The van der Waals surface area contributed by atoms with E-state index >= 15 is 0 Å². The fourth-order valence-corrected chi connectivity index (χ4v) is 2.22. The minimum absolute atomic E-state index is 0.0932. The van der Waals surface area contributed by atoms with E-state index in [1.807, 2.05) is 25.1 Å². The van der Waals surface area contributed by atoms with E-state index in [0.29, 0.717) is 11.1 Å². The maximum absolute atomic E-state index is 13.0. The molecule has 92 valence electrons. The fourth-order valence-electron chi connectivity index (χ4n) is 1.67. The van der Waals surface area contributed by atoms with Crippen LogP contribution in [0.3, 0.4) is 0 Å². The van der Waals surface area contributed by atoms with Crippen LogP contribution < -0.4 is 0 Å². The summed E-state index contributed by atoms with van der Waals surface area (Å²) in [6.07, 6.45) is 1.35. The van der Waals surface area contributed by atoms with Crippen LogP contribution in [0.5, 0.6) is 0 Å². The van der Waals surface area contributed by atoms with Gasteiger partial charge in [-0.05, 0) is 30.7 Å². The maximum Gasteiger partial charge on any atom is 0.213 e. The van der Waals surface area contributed by atoms with Gasteiger partial charge in [0.1, 0.15) is 4.83 Å². The molecule has 0 fully saturated rings. The van der Waals surface area contributed by atoms with Crippen LogP contribution in [-0.2, 0) is 0 Å². The van der Waals surface area contributed by atoms with Crippen LogP contribution in [0, 0.1) is 12.9 Å². The molecule has 2 nitrogen and oxygen atoms in total. The number of ketones is 1. The van der Waals surface area contributed by atoms with Crippen LogP contribution in [-0.4, -0.2) is 10.8 Å². The van der Waals surface area contributed by atoms with E-state index in [4.69, 9.17) is 0 Å². The second kappa shape index (κ2) is 5.40. The summed E-state index contributed by atoms with van der Waals surface area (Å²) in [5.41, 5.74) is 2.18. The normalized spacial score (nSPS) is 12.2. The van der Waals surface area contributed by atoms with Gasteiger partial charge < -0.3 is 0 Å². The molecule has 1 heterocycles. The number of carbonyl (C=O) groups is 1. The van der Waals surface area contributed by atoms with Crippen LogP contribution in [0.1, 0.15) is 26.3 Å². The van der Waals surface area contributed by atoms with Crippen molar-refractivity contribution >= 4 is 21.7 Å². The van der Waals surface area contributed by atoms with Gasteiger partial charge in [0.25, 0.3) is 0 Å². The number of Topliss-reactive ketones (excluding diaryl/α,β-unsaturated/α-hetero) is 1. The zero-order valence-corrected chi connectivity index (χ0v) is 11.3. The zero-order valence-electron chi connectivity index (χ0n) is 9.73. The molecule has 0 spiro atoms. The number of hydrogen-bond acceptors (Lipinski definition) is 2. The van der Waals surface area contributed by atoms with Crippen molar-refractivity contribution in [3.63, 3.8) is 0 Å². The molecule has 0 amide bonds. The van der Waals surface area contributed by atoms with E-state index in [-0.39, 0.29) is 5.78 Å². The molecule has 1 atom stereocenters. The molecule has 1 aromatic carbocycles. The molecule has 2 rings (SSSR count). The molecule has 0 bridgehead atoms. The van der Waals surface area contributed by atoms with Gasteiger partial charge in [0.05, 0.1) is 0 Å². The predicted molar refractivity (Wildman–Crippen MR) is 71.4 cm³/mol. The summed E-state index contributed by atoms with van der Waals surface area (Å²) in [5, 5.41) is 0. The van der Waals surface area contributed by atoms with Gasteiger partial charge in [0.15, 0.2) is 5.78 Å². The largest absolute Gasteiger partial charge is 0.293 e. The monoisotopic (exact) mass is 307 g/mol. The highest BCUT2D eigenvalue weighted by atomic mass is 79.9. The number of rotatable bonds is 3. The summed E-state index contributed by atoms with van der Waals surface area (Å²) in [6, 6.07) is 10.2. The zero-order chi connectivity index (χ0) is 13.1. The van der Waals surface area contributed by atoms with Crippen molar-refractivity contribution in [3.8, 4) is 0 Å². The first kappa shape index (κ1) is 12.9. The fraction of sp³-hybridized carbons (Fsp3) is 0.143. The Kier molecular flexibility index (Phi) is 3.87. The first-order valence-electron chi connectivity index (χ1n) is 5.44. The highest BCUT2D eigenvalue weighted by Gasteiger charge is 2.19. The number of aromatic nitrogens is 1. The third kappa shape index (κ3) is 2.82. The lowest BCUT2D eigenvalue weighted by Crippen LogP contribution is -2.07. The average Bonchev–Trinajstić information content (AvgIpc) is 2.37. The lowest BCUT2D eigenvalue weighted by molar-refractivity contribution is 0.0991. The Hall–Kier alpha value is -1.55. The Morgan fingerprint density at radius 1 is 1.33 bits per heavy atom. The Morgan fingerprint density at radius 3 is 2.78 bits per heavy atom. The molecule has 0 saturated heterocycles. The molecule has 0 N–H and O–H groups in total. The Labute approximate surface area is 113 Å². The molecule has 1 aromatic heterocycles. The number of alkyl halides is 1. The van der Waals surface area contributed by atoms with Crippen molar-refractivity contribution in [1.29, 1.82) is 0 Å². The van der Waals surface area contributed by atoms with E-state index in [9.17, 15) is 9.18 Å². The van der Waals surface area contributed by atoms with Gasteiger partial charge in [0, 0.05) is 11.8 Å². The lowest BCUT2D eigenvalue weighted by atomic mass is 10.0. The van der Waals surface area contributed by atoms with Crippen molar-refractivity contribution in [2.75, 3.05) is 0 Å². The van der Waals surface area contributed by atoms with Gasteiger partial charge in [-0.25, -0.2) is 4.98 Å². The Balaban J connectivity index is 2.29. The van der Waals surface area contributed by atoms with Gasteiger partial charge in [-0.15, -0.1) is 0 Å². The number of halogens is 2. The number of carbonyl (C=O) groups excluding carboxylic acids is 1. The second-order valence-corrected chi connectivity index (χ2v) is 4.92. The van der Waals surface area contributed by atoms with Crippen LogP contribution in [0.15, 0.2) is 42.6 Å². The third-order valence-corrected chi connectivity index (χ3v) is 3.52. The van der Waals surface area contributed by atoms with Crippen LogP contribution in [0.25, 0.3) is 0 Å². The summed E-state index contributed by atoms with van der Waals surface area (Å²) in [6.45, 7) is 1.92. The van der Waals surface area contributed by atoms with Crippen molar-refractivity contribution < 1.29 is 9.18 Å². The molecule has 4 heteroatoms. The Bertz CT molecular complexity index is 586. The van der Waals surface area contributed by atoms with Crippen molar-refractivity contribution in [2.45, 2.75) is 11.8 Å². The molecule has 0 aliphatic rings. The molecule has 0 aliphatic carbocycles. The topological polar surface area (TPSA) is 30.0 Å². The van der Waals surface area contributed by atoms with E-state index in [1.54, 1.807) is 12.1 Å². The highest BCUT2D eigenvalue weighted by molar-refractivity contribution is 9.09. The maximum atomic E-state index is 13.0. The first-order valence-corrected chi connectivity index (χ1v) is 6.36. The average molecular weight is 308 g/mol. The van der Waals surface area contributed by atoms with Gasteiger partial charge >= 0.3 is 0 Å². The van der Waals surface area contributed by atoms with Crippen LogP contribution in [0.2, 0.25) is 0 Å². The lowest BCUT2D eigenvalue weighted by Gasteiger charge is -2.09. The minimum Gasteiger partial charge on any atom is -0.293 e. The Morgan fingerprint density at radius 2 is 2.11 bits per heavy atom. The van der Waals surface area contributed by atoms with Crippen LogP contribution >= 0.6 is 15.9 Å². The van der Waals surface area contributed by atoms with Gasteiger partial charge in [0.2, 0.25) is 5.95 Å². The number of aryl methyl sites for hydroxylation is 1. The van der Waals surface area contributed by atoms with E-state index in [2.05, 4.69) is 20.9 Å². The predicted octanol–water partition coefficient (Wildman–Crippen LogP) is 3.85. The van der Waals surface area contributed by atoms with E-state index in [0.717, 1.165) is 5.56 Å². The summed E-state index contributed by atoms with van der Waals surface area (Å²) >= 11 is 3.30. The third-order valence-electron chi connectivity index (χ3n) is 2.58. The summed E-state index contributed by atoms with van der Waals surface area (Å²) in [5.74, 6) is -0.682. The smallest absolute Gasteiger partial charge is 0.213 e. The summed E-state index contributed by atoms with van der Waals surface area (Å²) < 4.78 is 13.0. The van der Waals surface area contributed by atoms with Gasteiger partial charge in [-0.2, -0.15) is 4.39 Å². The van der Waals surface area contributed by atoms with Gasteiger partial charge in [-0.3, -0.25) is 4.79 Å². The number of pyridine rings is 1. The van der Waals surface area contributed by atoms with Crippen LogP contribution in [0.4, 0.5) is 4.39 Å². The van der Waals surface area contributed by atoms with Crippen molar-refractivity contribution in [2.24, 2.45) is 0 Å². The van der Waals surface area contributed by atoms with Crippen molar-refractivity contribution in [3.05, 3.63) is 65.2 Å². The van der Waals surface area contributed by atoms with Gasteiger partial charge in [-0.1, -0.05) is 39.7 Å². The molecular weight excluding hydrogens is 297 g/mol. The standard InChI is InChI=1S/C14H11BrFNO/c1-9-3-2-4-11(7-9)14(18)13(15)10-5-6-17-12(16)8-10/h2-8,13H,1H3/t13-/m1/s1. The first-order chi connectivity index (χ1) is 8.58. The molecule has 0 saturated carbocycles. The second-order valence-electron chi connectivity index (χ2n) is 4.01. The van der Waals surface area contributed by atoms with E-state index in [1.165, 1.54) is 12.3 Å². The number of hydrogen-bond donors (Lipinski definition) is 0. The van der Waals surface area contributed by atoms with E-state index < -0.39 is 10.8 Å². The molecule has 0 unspecified atom stereocenters. The number of nitrogens with zero attached hydrogens (tertiary/aromatic N) is 1. The number of benzene rings is 1. The quantitative estimate of drug-likeness (QED) is 0.490.